The van der Waals surface area contributed by atoms with Crippen LogP contribution in [0.4, 0.5) is 0 Å². The van der Waals surface area contributed by atoms with Gasteiger partial charge in [0.2, 0.25) is 0 Å². The number of hydrogen-bond donors (Lipinski definition) is 1. The summed E-state index contributed by atoms with van der Waals surface area (Å²) >= 11 is 0. The molecular weight excluding hydrogens is 218 g/mol. The van der Waals surface area contributed by atoms with E-state index in [1.807, 2.05) is 4.68 Å². The lowest BCUT2D eigenvalue weighted by Gasteiger charge is -2.08. The number of nitrogens with one attached hydrogen (secondary N) is 1. The quantitative estimate of drug-likeness (QED) is 0.773. The smallest absolute Gasteiger partial charge is 0.165 e. The van der Waals surface area contributed by atoms with Gasteiger partial charge < -0.3 is 10.1 Å². The summed E-state index contributed by atoms with van der Waals surface area (Å²) in [5.74, 6) is 1.64. The van der Waals surface area contributed by atoms with Crippen molar-refractivity contribution in [3.63, 3.8) is 0 Å². The molecule has 1 aromatic heterocycles. The predicted molar refractivity (Wildman–Crippen MR) is 61.2 cm³/mol. The number of aromatic nitrogens is 4. The van der Waals surface area contributed by atoms with E-state index >= 15 is 0 Å². The molecule has 6 nitrogen and oxygen atoms in total. The second kappa shape index (κ2) is 5.10. The number of rotatable bonds is 6. The highest BCUT2D eigenvalue weighted by Crippen LogP contribution is 2.19. The molecule has 2 aliphatic rings. The first kappa shape index (κ1) is 11.1. The molecule has 1 atom stereocenters. The minimum absolute atomic E-state index is 0.684. The molecule has 3 rings (SSSR count). The molecule has 0 radical (unpaired) electrons. The molecule has 2 fully saturated rings. The second-order valence-electron chi connectivity index (χ2n) is 4.99. The normalized spacial score (nSPS) is 24.4. The van der Waals surface area contributed by atoms with Crippen LogP contribution in [0.25, 0.3) is 0 Å². The molecule has 0 amide bonds. The monoisotopic (exact) mass is 237 g/mol. The molecule has 1 saturated carbocycles. The van der Waals surface area contributed by atoms with Crippen LogP contribution in [-0.4, -0.2) is 39.5 Å². The predicted octanol–water partition coefficient (Wildman–Crippen LogP) is 0.352. The molecule has 0 aromatic carbocycles. The standard InChI is InChI=1S/C11H19N5O/c1-2-10(1)12-7-11-13-14-15-16(11)5-3-9-4-6-17-8-9/h9-10,12H,1-8H2. The summed E-state index contributed by atoms with van der Waals surface area (Å²) in [6.45, 7) is 3.51. The Balaban J connectivity index is 1.48. The van der Waals surface area contributed by atoms with E-state index in [0.29, 0.717) is 12.0 Å². The molecule has 6 heteroatoms. The van der Waals surface area contributed by atoms with Crippen molar-refractivity contribution in [1.82, 2.24) is 25.5 Å². The third-order valence-electron chi connectivity index (χ3n) is 3.51. The van der Waals surface area contributed by atoms with Crippen molar-refractivity contribution in [3.8, 4) is 0 Å². The highest BCUT2D eigenvalue weighted by Gasteiger charge is 2.21. The van der Waals surface area contributed by atoms with Crippen LogP contribution < -0.4 is 5.32 Å². The molecule has 1 aliphatic carbocycles. The van der Waals surface area contributed by atoms with Gasteiger partial charge in [0.25, 0.3) is 0 Å². The third-order valence-corrected chi connectivity index (χ3v) is 3.51. The molecule has 1 N–H and O–H groups in total. The van der Waals surface area contributed by atoms with Crippen molar-refractivity contribution < 1.29 is 4.74 Å². The zero-order valence-electron chi connectivity index (χ0n) is 10.0. The maximum absolute atomic E-state index is 5.37. The van der Waals surface area contributed by atoms with Gasteiger partial charge in [-0.15, -0.1) is 5.10 Å². The zero-order valence-corrected chi connectivity index (χ0v) is 10.0. The van der Waals surface area contributed by atoms with Gasteiger partial charge in [0, 0.05) is 25.8 Å². The molecule has 1 aromatic rings. The van der Waals surface area contributed by atoms with Crippen LogP contribution in [0.15, 0.2) is 0 Å². The van der Waals surface area contributed by atoms with Crippen LogP contribution in [0.5, 0.6) is 0 Å². The van der Waals surface area contributed by atoms with E-state index in [2.05, 4.69) is 20.8 Å². The van der Waals surface area contributed by atoms with Crippen LogP contribution in [0.1, 0.15) is 31.5 Å². The minimum atomic E-state index is 0.684. The zero-order chi connectivity index (χ0) is 11.5. The molecular formula is C11H19N5O. The SMILES string of the molecule is C1CC(CCn2nnnc2CNC2CC2)CO1. The summed E-state index contributed by atoms with van der Waals surface area (Å²) in [7, 11) is 0. The fourth-order valence-electron chi connectivity index (χ4n) is 2.16. The number of tetrazole rings is 1. The Bertz CT molecular complexity index is 356. The highest BCUT2D eigenvalue weighted by molar-refractivity contribution is 4.86. The van der Waals surface area contributed by atoms with Crippen molar-refractivity contribution in [2.24, 2.45) is 5.92 Å². The molecule has 0 bridgehead atoms. The van der Waals surface area contributed by atoms with Crippen molar-refractivity contribution in [1.29, 1.82) is 0 Å². The van der Waals surface area contributed by atoms with E-state index in [0.717, 1.165) is 38.5 Å². The van der Waals surface area contributed by atoms with Crippen molar-refractivity contribution in [3.05, 3.63) is 5.82 Å². The number of hydrogen-bond acceptors (Lipinski definition) is 5. The number of ether oxygens (including phenoxy) is 1. The average molecular weight is 237 g/mol. The summed E-state index contributed by atoms with van der Waals surface area (Å²) in [5.41, 5.74) is 0. The van der Waals surface area contributed by atoms with Gasteiger partial charge in [-0.05, 0) is 42.0 Å². The summed E-state index contributed by atoms with van der Waals surface area (Å²) in [4.78, 5) is 0. The average Bonchev–Trinajstić information content (AvgIpc) is 2.86. The van der Waals surface area contributed by atoms with Crippen LogP contribution in [-0.2, 0) is 17.8 Å². The van der Waals surface area contributed by atoms with Gasteiger partial charge in [-0.2, -0.15) is 0 Å². The first-order valence-corrected chi connectivity index (χ1v) is 6.48. The van der Waals surface area contributed by atoms with E-state index in [1.165, 1.54) is 19.3 Å². The van der Waals surface area contributed by atoms with E-state index in [-0.39, 0.29) is 0 Å². The van der Waals surface area contributed by atoms with Gasteiger partial charge in [0.1, 0.15) is 0 Å². The Morgan fingerprint density at radius 1 is 1.35 bits per heavy atom. The van der Waals surface area contributed by atoms with E-state index in [1.54, 1.807) is 0 Å². The maximum atomic E-state index is 5.37. The minimum Gasteiger partial charge on any atom is -0.381 e. The number of nitrogens with zero attached hydrogens (tertiary/aromatic N) is 4. The topological polar surface area (TPSA) is 64.9 Å². The molecule has 1 saturated heterocycles. The summed E-state index contributed by atoms with van der Waals surface area (Å²) < 4.78 is 7.30. The second-order valence-corrected chi connectivity index (χ2v) is 4.99. The summed E-state index contributed by atoms with van der Waals surface area (Å²) in [5, 5.41) is 15.3. The largest absolute Gasteiger partial charge is 0.381 e. The van der Waals surface area contributed by atoms with Gasteiger partial charge in [0.15, 0.2) is 5.82 Å². The molecule has 1 unspecified atom stereocenters. The van der Waals surface area contributed by atoms with Crippen LogP contribution >= 0.6 is 0 Å². The van der Waals surface area contributed by atoms with Gasteiger partial charge >= 0.3 is 0 Å². The molecule has 0 spiro atoms. The van der Waals surface area contributed by atoms with E-state index < -0.39 is 0 Å². The maximum Gasteiger partial charge on any atom is 0.165 e. The fourth-order valence-corrected chi connectivity index (χ4v) is 2.16. The fraction of sp³-hybridized carbons (Fsp3) is 0.909. The number of aryl methyl sites for hydroxylation is 1. The van der Waals surface area contributed by atoms with Crippen LogP contribution in [0, 0.1) is 5.92 Å². The summed E-state index contributed by atoms with van der Waals surface area (Å²) in [6.07, 6.45) is 4.88. The Morgan fingerprint density at radius 3 is 3.06 bits per heavy atom. The van der Waals surface area contributed by atoms with E-state index in [9.17, 15) is 0 Å². The van der Waals surface area contributed by atoms with Crippen molar-refractivity contribution >= 4 is 0 Å². The Kier molecular flexibility index (Phi) is 3.33. The van der Waals surface area contributed by atoms with Gasteiger partial charge in [0.05, 0.1) is 6.54 Å². The van der Waals surface area contributed by atoms with Gasteiger partial charge in [-0.25, -0.2) is 4.68 Å². The first-order valence-electron chi connectivity index (χ1n) is 6.48. The Hall–Kier alpha value is -1.01. The van der Waals surface area contributed by atoms with Gasteiger partial charge in [-0.1, -0.05) is 0 Å². The Labute approximate surface area is 101 Å². The molecule has 1 aliphatic heterocycles. The van der Waals surface area contributed by atoms with Crippen LogP contribution in [0.3, 0.4) is 0 Å². The van der Waals surface area contributed by atoms with Crippen molar-refractivity contribution in [2.45, 2.75) is 44.8 Å². The molecule has 2 heterocycles. The lowest BCUT2D eigenvalue weighted by atomic mass is 10.1. The highest BCUT2D eigenvalue weighted by atomic mass is 16.5. The summed E-state index contributed by atoms with van der Waals surface area (Å²) in [6, 6.07) is 0.698. The lowest BCUT2D eigenvalue weighted by molar-refractivity contribution is 0.182. The molecule has 17 heavy (non-hydrogen) atoms. The lowest BCUT2D eigenvalue weighted by Crippen LogP contribution is -2.20. The van der Waals surface area contributed by atoms with E-state index in [4.69, 9.17) is 4.74 Å². The van der Waals surface area contributed by atoms with Gasteiger partial charge in [-0.3, -0.25) is 0 Å². The third kappa shape index (κ3) is 3.01. The Morgan fingerprint density at radius 2 is 2.29 bits per heavy atom. The van der Waals surface area contributed by atoms with Crippen LogP contribution in [0.2, 0.25) is 0 Å². The van der Waals surface area contributed by atoms with Crippen molar-refractivity contribution in [2.75, 3.05) is 13.2 Å². The first-order chi connectivity index (χ1) is 8.42. The molecule has 94 valence electrons.